The summed E-state index contributed by atoms with van der Waals surface area (Å²) >= 11 is 11.9. The molecule has 1 heterocycles. The van der Waals surface area contributed by atoms with Crippen LogP contribution in [0.5, 0.6) is 0 Å². The lowest BCUT2D eigenvalue weighted by molar-refractivity contribution is -0.125. The number of benzene rings is 1. The second-order valence-electron chi connectivity index (χ2n) is 4.67. The number of carbonyl (C=O) groups is 1. The van der Waals surface area contributed by atoms with E-state index < -0.39 is 0 Å². The van der Waals surface area contributed by atoms with Crippen LogP contribution >= 0.6 is 23.2 Å². The highest BCUT2D eigenvalue weighted by atomic mass is 35.5. The van der Waals surface area contributed by atoms with Gasteiger partial charge in [-0.25, -0.2) is 0 Å². The maximum Gasteiger partial charge on any atom is 0.246 e. The number of likely N-dealkylation sites (tertiary alicyclic amines) is 1. The normalized spacial score (nSPS) is 19.3. The molecule has 1 unspecified atom stereocenters. The van der Waals surface area contributed by atoms with Gasteiger partial charge in [-0.3, -0.25) is 4.79 Å². The molecule has 5 heteroatoms. The van der Waals surface area contributed by atoms with E-state index in [2.05, 4.69) is 0 Å². The van der Waals surface area contributed by atoms with Crippen molar-refractivity contribution in [3.8, 4) is 0 Å². The molecule has 3 nitrogen and oxygen atoms in total. The van der Waals surface area contributed by atoms with Crippen LogP contribution in [0.3, 0.4) is 0 Å². The molecule has 1 saturated heterocycles. The molecule has 0 saturated carbocycles. The predicted octanol–water partition coefficient (Wildman–Crippen LogP) is 2.81. The number of hydrogen-bond donors (Lipinski definition) is 1. The van der Waals surface area contributed by atoms with E-state index in [1.807, 2.05) is 4.90 Å². The van der Waals surface area contributed by atoms with Crippen LogP contribution in [0, 0.1) is 5.92 Å². The Kier molecular flexibility index (Phi) is 4.86. The van der Waals surface area contributed by atoms with Gasteiger partial charge in [0.2, 0.25) is 5.91 Å². The molecule has 1 aliphatic heterocycles. The summed E-state index contributed by atoms with van der Waals surface area (Å²) in [6.07, 6.45) is 4.22. The second-order valence-corrected chi connectivity index (χ2v) is 5.52. The summed E-state index contributed by atoms with van der Waals surface area (Å²) in [7, 11) is 0. The van der Waals surface area contributed by atoms with Crippen molar-refractivity contribution in [1.82, 2.24) is 4.90 Å². The molecule has 102 valence electrons. The first-order chi connectivity index (χ1) is 9.10. The van der Waals surface area contributed by atoms with E-state index in [1.54, 1.807) is 24.3 Å². The zero-order valence-electron chi connectivity index (χ0n) is 10.5. The molecule has 0 bridgehead atoms. The van der Waals surface area contributed by atoms with Crippen LogP contribution in [0.15, 0.2) is 24.3 Å². The fourth-order valence-electron chi connectivity index (χ4n) is 2.13. The van der Waals surface area contributed by atoms with Gasteiger partial charge in [0, 0.05) is 29.2 Å². The quantitative estimate of drug-likeness (QED) is 0.872. The summed E-state index contributed by atoms with van der Waals surface area (Å²) in [5.41, 5.74) is 6.36. The SMILES string of the molecule is NCC1CCN(C(=O)/C=C/c2cc(Cl)ccc2Cl)C1. The highest BCUT2D eigenvalue weighted by molar-refractivity contribution is 6.34. The van der Waals surface area contributed by atoms with Crippen LogP contribution < -0.4 is 5.73 Å². The topological polar surface area (TPSA) is 46.3 Å². The summed E-state index contributed by atoms with van der Waals surface area (Å²) < 4.78 is 0. The first-order valence-electron chi connectivity index (χ1n) is 6.22. The van der Waals surface area contributed by atoms with E-state index in [0.717, 1.165) is 25.1 Å². The van der Waals surface area contributed by atoms with Crippen molar-refractivity contribution >= 4 is 35.2 Å². The minimum atomic E-state index is -0.00741. The Morgan fingerprint density at radius 2 is 2.26 bits per heavy atom. The van der Waals surface area contributed by atoms with E-state index >= 15 is 0 Å². The summed E-state index contributed by atoms with van der Waals surface area (Å²) in [5.74, 6) is 0.416. The summed E-state index contributed by atoms with van der Waals surface area (Å²) in [5, 5.41) is 1.18. The average molecular weight is 299 g/mol. The fourth-order valence-corrected chi connectivity index (χ4v) is 2.50. The minimum absolute atomic E-state index is 0.00741. The van der Waals surface area contributed by atoms with Gasteiger partial charge in [0.15, 0.2) is 0 Å². The van der Waals surface area contributed by atoms with Gasteiger partial charge in [-0.2, -0.15) is 0 Å². The fraction of sp³-hybridized carbons (Fsp3) is 0.357. The molecular weight excluding hydrogens is 283 g/mol. The Morgan fingerprint density at radius 1 is 1.47 bits per heavy atom. The van der Waals surface area contributed by atoms with E-state index in [0.29, 0.717) is 22.5 Å². The monoisotopic (exact) mass is 298 g/mol. The third kappa shape index (κ3) is 3.72. The lowest BCUT2D eigenvalue weighted by Crippen LogP contribution is -2.28. The first-order valence-corrected chi connectivity index (χ1v) is 6.98. The van der Waals surface area contributed by atoms with Crippen molar-refractivity contribution in [1.29, 1.82) is 0 Å². The molecule has 1 atom stereocenters. The van der Waals surface area contributed by atoms with Crippen molar-refractivity contribution in [3.63, 3.8) is 0 Å². The Hall–Kier alpha value is -1.03. The zero-order valence-corrected chi connectivity index (χ0v) is 12.0. The maximum atomic E-state index is 12.0. The maximum absolute atomic E-state index is 12.0. The lowest BCUT2D eigenvalue weighted by atomic mass is 10.1. The van der Waals surface area contributed by atoms with E-state index in [1.165, 1.54) is 6.08 Å². The number of rotatable bonds is 3. The van der Waals surface area contributed by atoms with Crippen LogP contribution in [-0.4, -0.2) is 30.4 Å². The average Bonchev–Trinajstić information content (AvgIpc) is 2.88. The van der Waals surface area contributed by atoms with E-state index in [4.69, 9.17) is 28.9 Å². The lowest BCUT2D eigenvalue weighted by Gasteiger charge is -2.13. The molecule has 0 aliphatic carbocycles. The predicted molar refractivity (Wildman–Crippen MR) is 79.2 cm³/mol. The molecule has 2 N–H and O–H groups in total. The Morgan fingerprint density at radius 3 is 2.95 bits per heavy atom. The largest absolute Gasteiger partial charge is 0.339 e. The number of hydrogen-bond acceptors (Lipinski definition) is 2. The molecule has 2 rings (SSSR count). The molecule has 0 radical (unpaired) electrons. The smallest absolute Gasteiger partial charge is 0.246 e. The standard InChI is InChI=1S/C14H16Cl2N2O/c15-12-2-3-13(16)11(7-12)1-4-14(19)18-6-5-10(8-17)9-18/h1-4,7,10H,5-6,8-9,17H2/b4-1+. The van der Waals surface area contributed by atoms with E-state index in [9.17, 15) is 4.79 Å². The van der Waals surface area contributed by atoms with E-state index in [-0.39, 0.29) is 5.91 Å². The Labute approximate surface area is 123 Å². The Balaban J connectivity index is 2.02. The van der Waals surface area contributed by atoms with Crippen LogP contribution in [0.25, 0.3) is 6.08 Å². The highest BCUT2D eigenvalue weighted by Gasteiger charge is 2.23. The van der Waals surface area contributed by atoms with Crippen molar-refractivity contribution in [2.45, 2.75) is 6.42 Å². The van der Waals surface area contributed by atoms with Crippen molar-refractivity contribution in [2.75, 3.05) is 19.6 Å². The van der Waals surface area contributed by atoms with Gasteiger partial charge in [0.25, 0.3) is 0 Å². The number of nitrogens with two attached hydrogens (primary N) is 1. The summed E-state index contributed by atoms with van der Waals surface area (Å²) in [4.78, 5) is 13.8. The van der Waals surface area contributed by atoms with Crippen LogP contribution in [0.2, 0.25) is 10.0 Å². The molecule has 1 aliphatic rings. The van der Waals surface area contributed by atoms with Gasteiger partial charge in [0.1, 0.15) is 0 Å². The van der Waals surface area contributed by atoms with Crippen molar-refractivity contribution in [3.05, 3.63) is 39.9 Å². The molecule has 1 aromatic rings. The highest BCUT2D eigenvalue weighted by Crippen LogP contribution is 2.22. The molecule has 1 aromatic carbocycles. The molecule has 19 heavy (non-hydrogen) atoms. The van der Waals surface area contributed by atoms with Gasteiger partial charge in [-0.15, -0.1) is 0 Å². The number of amides is 1. The molecular formula is C14H16Cl2N2O. The van der Waals surface area contributed by atoms with Crippen molar-refractivity contribution in [2.24, 2.45) is 11.7 Å². The summed E-state index contributed by atoms with van der Waals surface area (Å²) in [6, 6.07) is 5.17. The molecule has 0 spiro atoms. The van der Waals surface area contributed by atoms with Crippen LogP contribution in [0.1, 0.15) is 12.0 Å². The number of halogens is 2. The van der Waals surface area contributed by atoms with Gasteiger partial charge in [-0.1, -0.05) is 23.2 Å². The van der Waals surface area contributed by atoms with Gasteiger partial charge in [-0.05, 0) is 48.7 Å². The van der Waals surface area contributed by atoms with Crippen LogP contribution in [-0.2, 0) is 4.79 Å². The van der Waals surface area contributed by atoms with Crippen LogP contribution in [0.4, 0.5) is 0 Å². The zero-order chi connectivity index (χ0) is 13.8. The number of nitrogens with zero attached hydrogens (tertiary/aromatic N) is 1. The minimum Gasteiger partial charge on any atom is -0.339 e. The first kappa shape index (κ1) is 14.4. The Bertz CT molecular complexity index is 502. The van der Waals surface area contributed by atoms with Gasteiger partial charge in [0.05, 0.1) is 0 Å². The van der Waals surface area contributed by atoms with Crippen molar-refractivity contribution < 1.29 is 4.79 Å². The van der Waals surface area contributed by atoms with Gasteiger partial charge >= 0.3 is 0 Å². The third-order valence-corrected chi connectivity index (χ3v) is 3.87. The van der Waals surface area contributed by atoms with Gasteiger partial charge < -0.3 is 10.6 Å². The second kappa shape index (κ2) is 6.42. The molecule has 1 amide bonds. The molecule has 0 aromatic heterocycles. The molecule has 1 fully saturated rings. The summed E-state index contributed by atoms with van der Waals surface area (Å²) in [6.45, 7) is 2.14. The third-order valence-electron chi connectivity index (χ3n) is 3.29. The number of carbonyl (C=O) groups excluding carboxylic acids is 1.